The molecule has 1 heterocycles. The summed E-state index contributed by atoms with van der Waals surface area (Å²) in [7, 11) is 0. The van der Waals surface area contributed by atoms with Crippen LogP contribution in [0.5, 0.6) is 0 Å². The van der Waals surface area contributed by atoms with Crippen LogP contribution < -0.4 is 0 Å². The number of aryl methyl sites for hydroxylation is 1. The van der Waals surface area contributed by atoms with E-state index in [2.05, 4.69) is 45.5 Å². The lowest BCUT2D eigenvalue weighted by Crippen LogP contribution is -2.04. The maximum absolute atomic E-state index is 4.50. The second-order valence-electron chi connectivity index (χ2n) is 3.52. The van der Waals surface area contributed by atoms with Crippen molar-refractivity contribution in [1.29, 1.82) is 0 Å². The Morgan fingerprint density at radius 3 is 2.67 bits per heavy atom. The second-order valence-corrected chi connectivity index (χ2v) is 4.54. The van der Waals surface area contributed by atoms with Crippen LogP contribution >= 0.6 is 22.6 Å². The zero-order valence-corrected chi connectivity index (χ0v) is 9.41. The Kier molecular flexibility index (Phi) is 2.39. The Morgan fingerprint density at radius 1 is 1.50 bits per heavy atom. The smallest absolute Gasteiger partial charge is 0.126 e. The van der Waals surface area contributed by atoms with Gasteiger partial charge in [-0.15, -0.1) is 0 Å². The summed E-state index contributed by atoms with van der Waals surface area (Å²) in [6, 6.07) is 0.687. The van der Waals surface area contributed by atoms with Crippen LogP contribution in [0.25, 0.3) is 0 Å². The molecule has 0 bridgehead atoms. The first-order chi connectivity index (χ1) is 5.77. The van der Waals surface area contributed by atoms with Gasteiger partial charge in [0, 0.05) is 11.8 Å². The molecule has 0 N–H and O–H groups in total. The van der Waals surface area contributed by atoms with E-state index in [0.29, 0.717) is 6.04 Å². The molecule has 1 fully saturated rings. The van der Waals surface area contributed by atoms with Gasteiger partial charge in [-0.05, 0) is 42.4 Å². The van der Waals surface area contributed by atoms with E-state index in [9.17, 15) is 0 Å². The van der Waals surface area contributed by atoms with Crippen LogP contribution in [0.15, 0.2) is 6.20 Å². The minimum absolute atomic E-state index is 0.687. The standard InChI is InChI=1S/C9H13IN2/c1-7-6-12(11-9(7)10)8-4-2-3-5-8/h6,8H,2-5H2,1H3. The lowest BCUT2D eigenvalue weighted by atomic mass is 10.2. The van der Waals surface area contributed by atoms with E-state index in [-0.39, 0.29) is 0 Å². The van der Waals surface area contributed by atoms with Gasteiger partial charge in [-0.25, -0.2) is 0 Å². The fourth-order valence-electron chi connectivity index (χ4n) is 1.82. The Bertz CT molecular complexity index is 255. The highest BCUT2D eigenvalue weighted by atomic mass is 127. The number of halogens is 1. The van der Waals surface area contributed by atoms with Crippen LogP contribution in [-0.4, -0.2) is 9.78 Å². The molecule has 0 amide bonds. The number of rotatable bonds is 1. The van der Waals surface area contributed by atoms with Crippen molar-refractivity contribution in [3.63, 3.8) is 0 Å². The van der Waals surface area contributed by atoms with Crippen LogP contribution in [0.3, 0.4) is 0 Å². The first-order valence-corrected chi connectivity index (χ1v) is 5.56. The van der Waals surface area contributed by atoms with Crippen LogP contribution in [0, 0.1) is 10.6 Å². The molecule has 1 aromatic rings. The Balaban J connectivity index is 2.21. The molecule has 2 rings (SSSR count). The molecule has 0 aromatic carbocycles. The first kappa shape index (κ1) is 8.53. The summed E-state index contributed by atoms with van der Waals surface area (Å²) in [5.41, 5.74) is 1.31. The van der Waals surface area contributed by atoms with E-state index >= 15 is 0 Å². The Hall–Kier alpha value is -0.0600. The summed E-state index contributed by atoms with van der Waals surface area (Å²) < 4.78 is 3.31. The zero-order valence-electron chi connectivity index (χ0n) is 7.26. The third-order valence-corrected chi connectivity index (χ3v) is 3.62. The van der Waals surface area contributed by atoms with Gasteiger partial charge < -0.3 is 0 Å². The van der Waals surface area contributed by atoms with Gasteiger partial charge in [0.25, 0.3) is 0 Å². The van der Waals surface area contributed by atoms with Gasteiger partial charge in [0.2, 0.25) is 0 Å². The zero-order chi connectivity index (χ0) is 8.55. The van der Waals surface area contributed by atoms with Gasteiger partial charge in [-0.3, -0.25) is 4.68 Å². The molecular formula is C9H13IN2. The van der Waals surface area contributed by atoms with Gasteiger partial charge in [-0.2, -0.15) is 5.10 Å². The Morgan fingerprint density at radius 2 is 2.17 bits per heavy atom. The number of hydrogen-bond donors (Lipinski definition) is 0. The maximum Gasteiger partial charge on any atom is 0.126 e. The molecule has 0 unspecified atom stereocenters. The SMILES string of the molecule is Cc1cn(C2CCCC2)nc1I. The highest BCUT2D eigenvalue weighted by molar-refractivity contribution is 14.1. The summed E-state index contributed by atoms with van der Waals surface area (Å²) in [6.07, 6.45) is 7.56. The summed E-state index contributed by atoms with van der Waals surface area (Å²) in [6.45, 7) is 2.13. The van der Waals surface area contributed by atoms with Gasteiger partial charge >= 0.3 is 0 Å². The third kappa shape index (κ3) is 1.51. The lowest BCUT2D eigenvalue weighted by Gasteiger charge is -2.08. The topological polar surface area (TPSA) is 17.8 Å². The average molecular weight is 276 g/mol. The predicted molar refractivity (Wildman–Crippen MR) is 57.2 cm³/mol. The maximum atomic E-state index is 4.50. The predicted octanol–water partition coefficient (Wildman–Crippen LogP) is 2.91. The fraction of sp³-hybridized carbons (Fsp3) is 0.667. The molecule has 2 nitrogen and oxygen atoms in total. The molecule has 1 saturated carbocycles. The molecular weight excluding hydrogens is 263 g/mol. The molecule has 66 valence electrons. The normalized spacial score (nSPS) is 18.8. The van der Waals surface area contributed by atoms with Gasteiger partial charge in [-0.1, -0.05) is 12.8 Å². The van der Waals surface area contributed by atoms with Crippen LogP contribution in [-0.2, 0) is 0 Å². The molecule has 12 heavy (non-hydrogen) atoms. The average Bonchev–Trinajstić information content (AvgIpc) is 2.61. The first-order valence-electron chi connectivity index (χ1n) is 4.48. The minimum Gasteiger partial charge on any atom is -0.268 e. The number of hydrogen-bond acceptors (Lipinski definition) is 1. The van der Waals surface area contributed by atoms with Crippen LogP contribution in [0.1, 0.15) is 37.3 Å². The molecule has 1 aliphatic carbocycles. The highest BCUT2D eigenvalue weighted by Gasteiger charge is 2.17. The minimum atomic E-state index is 0.687. The molecule has 0 radical (unpaired) electrons. The van der Waals surface area contributed by atoms with Crippen molar-refractivity contribution in [3.05, 3.63) is 15.5 Å². The molecule has 1 aliphatic rings. The Labute approximate surface area is 86.5 Å². The quantitative estimate of drug-likeness (QED) is 0.721. The number of aromatic nitrogens is 2. The monoisotopic (exact) mass is 276 g/mol. The van der Waals surface area contributed by atoms with E-state index in [0.717, 1.165) is 3.70 Å². The molecule has 0 saturated heterocycles. The highest BCUT2D eigenvalue weighted by Crippen LogP contribution is 2.29. The van der Waals surface area contributed by atoms with Crippen LogP contribution in [0.4, 0.5) is 0 Å². The molecule has 1 aromatic heterocycles. The molecule has 0 atom stereocenters. The summed E-state index contributed by atoms with van der Waals surface area (Å²) in [4.78, 5) is 0. The third-order valence-electron chi connectivity index (χ3n) is 2.55. The van der Waals surface area contributed by atoms with Crippen molar-refractivity contribution in [2.45, 2.75) is 38.6 Å². The largest absolute Gasteiger partial charge is 0.268 e. The van der Waals surface area contributed by atoms with E-state index in [4.69, 9.17) is 0 Å². The van der Waals surface area contributed by atoms with Crippen molar-refractivity contribution in [3.8, 4) is 0 Å². The van der Waals surface area contributed by atoms with Crippen molar-refractivity contribution < 1.29 is 0 Å². The van der Waals surface area contributed by atoms with E-state index in [1.807, 2.05) is 0 Å². The van der Waals surface area contributed by atoms with E-state index in [1.54, 1.807) is 0 Å². The molecule has 3 heteroatoms. The summed E-state index contributed by atoms with van der Waals surface area (Å²) in [5.74, 6) is 0. The number of nitrogens with zero attached hydrogens (tertiary/aromatic N) is 2. The van der Waals surface area contributed by atoms with Gasteiger partial charge in [0.1, 0.15) is 3.70 Å². The van der Waals surface area contributed by atoms with E-state index < -0.39 is 0 Å². The summed E-state index contributed by atoms with van der Waals surface area (Å²) >= 11 is 2.30. The van der Waals surface area contributed by atoms with Gasteiger partial charge in [0.15, 0.2) is 0 Å². The molecule has 0 aliphatic heterocycles. The van der Waals surface area contributed by atoms with Crippen molar-refractivity contribution in [2.24, 2.45) is 0 Å². The van der Waals surface area contributed by atoms with Crippen molar-refractivity contribution in [2.75, 3.05) is 0 Å². The van der Waals surface area contributed by atoms with Gasteiger partial charge in [0.05, 0.1) is 6.04 Å². The van der Waals surface area contributed by atoms with Crippen LogP contribution in [0.2, 0.25) is 0 Å². The summed E-state index contributed by atoms with van der Waals surface area (Å²) in [5, 5.41) is 4.50. The molecule has 0 spiro atoms. The van der Waals surface area contributed by atoms with Crippen molar-refractivity contribution >= 4 is 22.6 Å². The lowest BCUT2D eigenvalue weighted by molar-refractivity contribution is 0.464. The van der Waals surface area contributed by atoms with Crippen molar-refractivity contribution in [1.82, 2.24) is 9.78 Å². The fourth-order valence-corrected chi connectivity index (χ4v) is 2.21. The second kappa shape index (κ2) is 3.36. The van der Waals surface area contributed by atoms with E-state index in [1.165, 1.54) is 31.2 Å².